The van der Waals surface area contributed by atoms with E-state index in [1.807, 2.05) is 0 Å². The van der Waals surface area contributed by atoms with Crippen molar-refractivity contribution in [3.05, 3.63) is 59.2 Å². The molecular weight excluding hydrogens is 362 g/mol. The molecular formula is C21H19NO6. The summed E-state index contributed by atoms with van der Waals surface area (Å²) in [7, 11) is 0. The van der Waals surface area contributed by atoms with Gasteiger partial charge in [-0.2, -0.15) is 0 Å². The van der Waals surface area contributed by atoms with Crippen LogP contribution in [0.5, 0.6) is 11.5 Å². The van der Waals surface area contributed by atoms with E-state index in [1.54, 1.807) is 56.3 Å². The number of fused-ring (bicyclic) bond motifs is 2. The zero-order chi connectivity index (χ0) is 19.8. The SMILES string of the molecule is CC(C)[C@@H](C(=O)OCc1ccc2c(c1)OCO2)N1C(=O)c2ccccc2C1=O. The minimum atomic E-state index is -0.999. The quantitative estimate of drug-likeness (QED) is 0.585. The van der Waals surface area contributed by atoms with E-state index < -0.39 is 23.8 Å². The molecule has 28 heavy (non-hydrogen) atoms. The lowest BCUT2D eigenvalue weighted by Crippen LogP contribution is -2.48. The van der Waals surface area contributed by atoms with Gasteiger partial charge in [-0.25, -0.2) is 4.79 Å². The molecule has 2 amide bonds. The largest absolute Gasteiger partial charge is 0.459 e. The Morgan fingerprint density at radius 3 is 2.32 bits per heavy atom. The van der Waals surface area contributed by atoms with Gasteiger partial charge in [0.2, 0.25) is 6.79 Å². The fourth-order valence-electron chi connectivity index (χ4n) is 3.41. The minimum absolute atomic E-state index is 0.00185. The number of carbonyl (C=O) groups excluding carboxylic acids is 3. The first-order valence-electron chi connectivity index (χ1n) is 8.99. The van der Waals surface area contributed by atoms with Gasteiger partial charge in [-0.3, -0.25) is 14.5 Å². The molecule has 2 aromatic carbocycles. The second kappa shape index (κ2) is 6.99. The van der Waals surface area contributed by atoms with Gasteiger partial charge in [0.25, 0.3) is 11.8 Å². The first-order valence-corrected chi connectivity index (χ1v) is 8.99. The third-order valence-corrected chi connectivity index (χ3v) is 4.79. The Balaban J connectivity index is 1.51. The second-order valence-electron chi connectivity index (χ2n) is 7.01. The highest BCUT2D eigenvalue weighted by Gasteiger charge is 2.44. The zero-order valence-corrected chi connectivity index (χ0v) is 15.5. The van der Waals surface area contributed by atoms with Gasteiger partial charge < -0.3 is 14.2 Å². The highest BCUT2D eigenvalue weighted by atomic mass is 16.7. The summed E-state index contributed by atoms with van der Waals surface area (Å²) in [4.78, 5) is 39.3. The predicted molar refractivity (Wildman–Crippen MR) is 97.9 cm³/mol. The molecule has 4 rings (SSSR count). The first-order chi connectivity index (χ1) is 13.5. The van der Waals surface area contributed by atoms with Crippen LogP contribution >= 0.6 is 0 Å². The molecule has 0 radical (unpaired) electrons. The maximum Gasteiger partial charge on any atom is 0.329 e. The number of esters is 1. The third kappa shape index (κ3) is 2.98. The van der Waals surface area contributed by atoms with Crippen molar-refractivity contribution in [1.29, 1.82) is 0 Å². The van der Waals surface area contributed by atoms with E-state index in [4.69, 9.17) is 14.2 Å². The fourth-order valence-corrected chi connectivity index (χ4v) is 3.41. The number of ether oxygens (including phenoxy) is 3. The van der Waals surface area contributed by atoms with E-state index >= 15 is 0 Å². The molecule has 0 saturated carbocycles. The number of rotatable bonds is 5. The van der Waals surface area contributed by atoms with Crippen molar-refractivity contribution in [2.45, 2.75) is 26.5 Å². The zero-order valence-electron chi connectivity index (χ0n) is 15.5. The Labute approximate surface area is 161 Å². The molecule has 0 aliphatic carbocycles. The lowest BCUT2D eigenvalue weighted by molar-refractivity contribution is -0.151. The van der Waals surface area contributed by atoms with Crippen LogP contribution in [0.3, 0.4) is 0 Å². The van der Waals surface area contributed by atoms with Crippen molar-refractivity contribution in [2.24, 2.45) is 5.92 Å². The number of amides is 2. The van der Waals surface area contributed by atoms with Crippen molar-refractivity contribution in [1.82, 2.24) is 4.90 Å². The lowest BCUT2D eigenvalue weighted by atomic mass is 10.0. The van der Waals surface area contributed by atoms with Gasteiger partial charge in [0.05, 0.1) is 11.1 Å². The summed E-state index contributed by atoms with van der Waals surface area (Å²) in [5.41, 5.74) is 1.34. The molecule has 7 heteroatoms. The van der Waals surface area contributed by atoms with Crippen molar-refractivity contribution < 1.29 is 28.6 Å². The van der Waals surface area contributed by atoms with E-state index in [0.29, 0.717) is 22.6 Å². The lowest BCUT2D eigenvalue weighted by Gasteiger charge is -2.27. The molecule has 2 aromatic rings. The van der Waals surface area contributed by atoms with Gasteiger partial charge >= 0.3 is 5.97 Å². The summed E-state index contributed by atoms with van der Waals surface area (Å²) in [5.74, 6) is -0.636. The average molecular weight is 381 g/mol. The Bertz CT molecular complexity index is 932. The van der Waals surface area contributed by atoms with Crippen LogP contribution < -0.4 is 9.47 Å². The van der Waals surface area contributed by atoms with E-state index in [9.17, 15) is 14.4 Å². The molecule has 2 heterocycles. The summed E-state index contributed by atoms with van der Waals surface area (Å²) in [6, 6.07) is 10.8. The van der Waals surface area contributed by atoms with Crippen LogP contribution in [0.1, 0.15) is 40.1 Å². The Hall–Kier alpha value is -3.35. The van der Waals surface area contributed by atoms with Crippen LogP contribution in [0.4, 0.5) is 0 Å². The van der Waals surface area contributed by atoms with Crippen LogP contribution in [0.25, 0.3) is 0 Å². The maximum absolute atomic E-state index is 12.8. The molecule has 0 unspecified atom stereocenters. The van der Waals surface area contributed by atoms with Gasteiger partial charge in [0, 0.05) is 0 Å². The van der Waals surface area contributed by atoms with Crippen LogP contribution in [-0.2, 0) is 16.1 Å². The highest BCUT2D eigenvalue weighted by molar-refractivity contribution is 6.22. The molecule has 0 saturated heterocycles. The molecule has 0 bridgehead atoms. The summed E-state index contributed by atoms with van der Waals surface area (Å²) >= 11 is 0. The molecule has 7 nitrogen and oxygen atoms in total. The number of hydrogen-bond acceptors (Lipinski definition) is 6. The van der Waals surface area contributed by atoms with Crippen LogP contribution in [-0.4, -0.2) is 35.5 Å². The van der Waals surface area contributed by atoms with E-state index in [-0.39, 0.29) is 19.3 Å². The van der Waals surface area contributed by atoms with Gasteiger partial charge in [0.1, 0.15) is 12.6 Å². The minimum Gasteiger partial charge on any atom is -0.459 e. The van der Waals surface area contributed by atoms with Crippen molar-refractivity contribution in [2.75, 3.05) is 6.79 Å². The Morgan fingerprint density at radius 1 is 1.04 bits per heavy atom. The summed E-state index contributed by atoms with van der Waals surface area (Å²) < 4.78 is 16.0. The summed E-state index contributed by atoms with van der Waals surface area (Å²) in [5, 5.41) is 0. The van der Waals surface area contributed by atoms with Gasteiger partial charge in [-0.1, -0.05) is 32.0 Å². The normalized spacial score (nSPS) is 15.8. The van der Waals surface area contributed by atoms with Crippen LogP contribution in [0.15, 0.2) is 42.5 Å². The Morgan fingerprint density at radius 2 is 1.68 bits per heavy atom. The molecule has 2 aliphatic heterocycles. The van der Waals surface area contributed by atoms with Crippen LogP contribution in [0, 0.1) is 5.92 Å². The Kier molecular flexibility index (Phi) is 4.50. The van der Waals surface area contributed by atoms with Crippen molar-refractivity contribution in [3.8, 4) is 11.5 Å². The van der Waals surface area contributed by atoms with Crippen molar-refractivity contribution >= 4 is 17.8 Å². The smallest absolute Gasteiger partial charge is 0.329 e. The van der Waals surface area contributed by atoms with Gasteiger partial charge in [-0.15, -0.1) is 0 Å². The number of imide groups is 1. The summed E-state index contributed by atoms with van der Waals surface area (Å²) in [6.07, 6.45) is 0. The van der Waals surface area contributed by atoms with Crippen LogP contribution in [0.2, 0.25) is 0 Å². The number of hydrogen-bond donors (Lipinski definition) is 0. The standard InChI is InChI=1S/C21H19NO6/c1-12(2)18(22-19(23)14-5-3-4-6-15(14)20(22)24)21(25)26-10-13-7-8-16-17(9-13)28-11-27-16/h3-9,12,18H,10-11H2,1-2H3/t18-/m0/s1. The number of carbonyl (C=O) groups is 3. The molecule has 0 N–H and O–H groups in total. The van der Waals surface area contributed by atoms with Gasteiger partial charge in [0.15, 0.2) is 11.5 Å². The third-order valence-electron chi connectivity index (χ3n) is 4.79. The molecule has 2 aliphatic rings. The van der Waals surface area contributed by atoms with E-state index in [0.717, 1.165) is 10.5 Å². The maximum atomic E-state index is 12.8. The van der Waals surface area contributed by atoms with Crippen molar-refractivity contribution in [3.63, 3.8) is 0 Å². The van der Waals surface area contributed by atoms with E-state index in [2.05, 4.69) is 0 Å². The van der Waals surface area contributed by atoms with Gasteiger partial charge in [-0.05, 0) is 35.7 Å². The molecule has 144 valence electrons. The monoisotopic (exact) mass is 381 g/mol. The molecule has 0 fully saturated rings. The number of nitrogens with zero attached hydrogens (tertiary/aromatic N) is 1. The highest BCUT2D eigenvalue weighted by Crippen LogP contribution is 2.33. The molecule has 0 spiro atoms. The van der Waals surface area contributed by atoms with E-state index in [1.165, 1.54) is 0 Å². The molecule has 0 aromatic heterocycles. The average Bonchev–Trinajstić information content (AvgIpc) is 3.25. The topological polar surface area (TPSA) is 82.1 Å². The molecule has 1 atom stereocenters. The fraction of sp³-hybridized carbons (Fsp3) is 0.286. The first kappa shape index (κ1) is 18.0. The number of benzene rings is 2. The summed E-state index contributed by atoms with van der Waals surface area (Å²) in [6.45, 7) is 3.71. The second-order valence-corrected chi connectivity index (χ2v) is 7.01. The predicted octanol–water partition coefficient (Wildman–Crippen LogP) is 2.78.